The maximum atomic E-state index is 13.0. The van der Waals surface area contributed by atoms with E-state index in [1.165, 1.54) is 18.2 Å². The van der Waals surface area contributed by atoms with Crippen molar-refractivity contribution in [2.45, 2.75) is 44.8 Å². The van der Waals surface area contributed by atoms with Crippen LogP contribution in [0.1, 0.15) is 48.5 Å². The van der Waals surface area contributed by atoms with Gasteiger partial charge in [0.1, 0.15) is 0 Å². The van der Waals surface area contributed by atoms with E-state index in [1.54, 1.807) is 4.90 Å². The van der Waals surface area contributed by atoms with Gasteiger partial charge in [-0.25, -0.2) is 0 Å². The molecule has 1 heterocycles. The third-order valence-corrected chi connectivity index (χ3v) is 3.82. The average Bonchev–Trinajstić information content (AvgIpc) is 2.45. The number of piperidine rings is 1. The number of hydrogen-bond acceptors (Lipinski definition) is 1. The van der Waals surface area contributed by atoms with Crippen LogP contribution in [0.25, 0.3) is 0 Å². The number of alkyl halides is 3. The number of likely N-dealkylation sites (tertiary alicyclic amines) is 1. The van der Waals surface area contributed by atoms with Crippen molar-refractivity contribution >= 4 is 5.91 Å². The molecule has 1 aromatic rings. The van der Waals surface area contributed by atoms with E-state index in [4.69, 9.17) is 0 Å². The van der Waals surface area contributed by atoms with E-state index in [-0.39, 0.29) is 11.6 Å². The van der Waals surface area contributed by atoms with Gasteiger partial charge in [0.25, 0.3) is 5.91 Å². The Morgan fingerprint density at radius 2 is 2.00 bits per heavy atom. The molecule has 2 nitrogen and oxygen atoms in total. The molecule has 0 radical (unpaired) electrons. The number of carbonyl (C=O) groups excluding carboxylic acids is 1. The number of amides is 1. The Balaban J connectivity index is 2.33. The first-order valence-electron chi connectivity index (χ1n) is 6.92. The summed E-state index contributed by atoms with van der Waals surface area (Å²) in [6.45, 7) is 2.51. The van der Waals surface area contributed by atoms with Gasteiger partial charge in [-0.1, -0.05) is 19.1 Å². The molecule has 5 heteroatoms. The third kappa shape index (κ3) is 2.97. The summed E-state index contributed by atoms with van der Waals surface area (Å²) in [4.78, 5) is 14.1. The summed E-state index contributed by atoms with van der Waals surface area (Å²) in [6, 6.07) is 5.09. The van der Waals surface area contributed by atoms with Crippen molar-refractivity contribution in [3.8, 4) is 0 Å². The Kier molecular flexibility index (Phi) is 4.35. The molecule has 1 aliphatic heterocycles. The van der Waals surface area contributed by atoms with Crippen molar-refractivity contribution in [3.05, 3.63) is 35.4 Å². The zero-order valence-corrected chi connectivity index (χ0v) is 11.4. The molecule has 1 aliphatic rings. The average molecular weight is 285 g/mol. The second-order valence-electron chi connectivity index (χ2n) is 5.10. The van der Waals surface area contributed by atoms with Crippen LogP contribution >= 0.6 is 0 Å². The first kappa shape index (κ1) is 14.9. The van der Waals surface area contributed by atoms with Gasteiger partial charge < -0.3 is 4.90 Å². The molecular weight excluding hydrogens is 267 g/mol. The number of rotatable bonds is 2. The van der Waals surface area contributed by atoms with Crippen molar-refractivity contribution in [3.63, 3.8) is 0 Å². The molecule has 0 bridgehead atoms. The highest BCUT2D eigenvalue weighted by molar-refractivity contribution is 5.96. The van der Waals surface area contributed by atoms with Crippen molar-refractivity contribution in [1.29, 1.82) is 0 Å². The van der Waals surface area contributed by atoms with Crippen molar-refractivity contribution < 1.29 is 18.0 Å². The SMILES string of the molecule is CCC1CCCCN1C(=O)c1ccccc1C(F)(F)F. The van der Waals surface area contributed by atoms with Crippen LogP contribution in [0.15, 0.2) is 24.3 Å². The molecule has 0 aromatic heterocycles. The molecule has 0 saturated carbocycles. The highest BCUT2D eigenvalue weighted by Crippen LogP contribution is 2.33. The third-order valence-electron chi connectivity index (χ3n) is 3.82. The Bertz CT molecular complexity index is 484. The first-order chi connectivity index (χ1) is 9.45. The van der Waals surface area contributed by atoms with Crippen LogP contribution in [-0.4, -0.2) is 23.4 Å². The van der Waals surface area contributed by atoms with Crippen LogP contribution in [0, 0.1) is 0 Å². The summed E-state index contributed by atoms with van der Waals surface area (Å²) < 4.78 is 39.0. The summed E-state index contributed by atoms with van der Waals surface area (Å²) >= 11 is 0. The van der Waals surface area contributed by atoms with E-state index >= 15 is 0 Å². The van der Waals surface area contributed by atoms with Crippen molar-refractivity contribution in [2.24, 2.45) is 0 Å². The van der Waals surface area contributed by atoms with Crippen LogP contribution in [0.3, 0.4) is 0 Å². The second kappa shape index (κ2) is 5.85. The van der Waals surface area contributed by atoms with Gasteiger partial charge >= 0.3 is 6.18 Å². The monoisotopic (exact) mass is 285 g/mol. The normalized spacial score (nSPS) is 20.0. The zero-order valence-electron chi connectivity index (χ0n) is 11.4. The van der Waals surface area contributed by atoms with Gasteiger partial charge in [0.2, 0.25) is 0 Å². The highest BCUT2D eigenvalue weighted by Gasteiger charge is 2.37. The Hall–Kier alpha value is -1.52. The smallest absolute Gasteiger partial charge is 0.336 e. The minimum Gasteiger partial charge on any atom is -0.336 e. The van der Waals surface area contributed by atoms with E-state index < -0.39 is 17.6 Å². The summed E-state index contributed by atoms with van der Waals surface area (Å²) in [5, 5.41) is 0. The molecule has 0 aliphatic carbocycles. The molecule has 1 amide bonds. The van der Waals surface area contributed by atoms with Crippen molar-refractivity contribution in [1.82, 2.24) is 4.90 Å². The lowest BCUT2D eigenvalue weighted by Crippen LogP contribution is -2.43. The Morgan fingerprint density at radius 3 is 2.65 bits per heavy atom. The van der Waals surface area contributed by atoms with Crippen molar-refractivity contribution in [2.75, 3.05) is 6.54 Å². The topological polar surface area (TPSA) is 20.3 Å². The van der Waals surface area contributed by atoms with Gasteiger partial charge in [-0.2, -0.15) is 13.2 Å². The molecule has 1 fully saturated rings. The Labute approximate surface area is 116 Å². The van der Waals surface area contributed by atoms with Gasteiger partial charge in [0.05, 0.1) is 11.1 Å². The molecule has 2 rings (SSSR count). The van der Waals surface area contributed by atoms with Crippen LogP contribution in [0.2, 0.25) is 0 Å². The number of nitrogens with zero attached hydrogens (tertiary/aromatic N) is 1. The molecular formula is C15H18F3NO. The Morgan fingerprint density at radius 1 is 1.30 bits per heavy atom. The summed E-state index contributed by atoms with van der Waals surface area (Å²) in [5.74, 6) is -0.496. The molecule has 1 aromatic carbocycles. The van der Waals surface area contributed by atoms with Gasteiger partial charge in [-0.3, -0.25) is 4.79 Å². The zero-order chi connectivity index (χ0) is 14.8. The molecule has 1 saturated heterocycles. The van der Waals surface area contributed by atoms with E-state index in [0.717, 1.165) is 31.7 Å². The molecule has 110 valence electrons. The lowest BCUT2D eigenvalue weighted by Gasteiger charge is -2.35. The highest BCUT2D eigenvalue weighted by atomic mass is 19.4. The van der Waals surface area contributed by atoms with Crippen LogP contribution < -0.4 is 0 Å². The van der Waals surface area contributed by atoms with Gasteiger partial charge in [-0.05, 0) is 37.8 Å². The van der Waals surface area contributed by atoms with E-state index in [1.807, 2.05) is 6.92 Å². The predicted molar refractivity (Wildman–Crippen MR) is 70.4 cm³/mol. The fraction of sp³-hybridized carbons (Fsp3) is 0.533. The molecule has 1 atom stereocenters. The van der Waals surface area contributed by atoms with E-state index in [2.05, 4.69) is 0 Å². The minimum absolute atomic E-state index is 0.0533. The lowest BCUT2D eigenvalue weighted by atomic mass is 9.97. The van der Waals surface area contributed by atoms with Gasteiger partial charge in [0.15, 0.2) is 0 Å². The summed E-state index contributed by atoms with van der Waals surface area (Å²) in [7, 11) is 0. The van der Waals surface area contributed by atoms with E-state index in [9.17, 15) is 18.0 Å². The fourth-order valence-corrected chi connectivity index (χ4v) is 2.76. The maximum absolute atomic E-state index is 13.0. The largest absolute Gasteiger partial charge is 0.417 e. The fourth-order valence-electron chi connectivity index (χ4n) is 2.76. The van der Waals surface area contributed by atoms with Crippen LogP contribution in [0.5, 0.6) is 0 Å². The number of halogens is 3. The number of hydrogen-bond donors (Lipinski definition) is 0. The lowest BCUT2D eigenvalue weighted by molar-refractivity contribution is -0.138. The maximum Gasteiger partial charge on any atom is 0.417 e. The van der Waals surface area contributed by atoms with Crippen LogP contribution in [-0.2, 0) is 6.18 Å². The predicted octanol–water partition coefficient (Wildman–Crippen LogP) is 4.11. The molecule has 20 heavy (non-hydrogen) atoms. The first-order valence-corrected chi connectivity index (χ1v) is 6.92. The van der Waals surface area contributed by atoms with E-state index in [0.29, 0.717) is 6.54 Å². The number of benzene rings is 1. The summed E-state index contributed by atoms with van der Waals surface area (Å²) in [5.41, 5.74) is -1.08. The minimum atomic E-state index is -4.50. The molecule has 0 spiro atoms. The van der Waals surface area contributed by atoms with Crippen LogP contribution in [0.4, 0.5) is 13.2 Å². The second-order valence-corrected chi connectivity index (χ2v) is 5.10. The standard InChI is InChI=1S/C15H18F3NO/c1-2-11-7-5-6-10-19(11)14(20)12-8-3-4-9-13(12)15(16,17)18/h3-4,8-9,11H,2,5-7,10H2,1H3. The number of carbonyl (C=O) groups is 1. The van der Waals surface area contributed by atoms with Gasteiger partial charge in [-0.15, -0.1) is 0 Å². The summed E-state index contributed by atoms with van der Waals surface area (Å²) in [6.07, 6.45) is -0.959. The molecule has 1 unspecified atom stereocenters. The molecule has 0 N–H and O–H groups in total. The quantitative estimate of drug-likeness (QED) is 0.800. The van der Waals surface area contributed by atoms with Gasteiger partial charge in [0, 0.05) is 12.6 Å².